The second-order valence-electron chi connectivity index (χ2n) is 9.00. The predicted octanol–water partition coefficient (Wildman–Crippen LogP) is 5.05. The normalized spacial score (nSPS) is 16.1. The third kappa shape index (κ3) is 7.93. The Labute approximate surface area is 215 Å². The molecule has 0 aliphatic carbocycles. The summed E-state index contributed by atoms with van der Waals surface area (Å²) in [5.74, 6) is 1.29. The molecule has 0 N–H and O–H groups in total. The molecule has 0 amide bonds. The van der Waals surface area contributed by atoms with Crippen LogP contribution in [0.3, 0.4) is 0 Å². The maximum Gasteiger partial charge on any atom is 0.513 e. The van der Waals surface area contributed by atoms with Crippen LogP contribution in [0.4, 0.5) is 4.79 Å². The predicted molar refractivity (Wildman–Crippen MR) is 141 cm³/mol. The molecule has 1 aliphatic rings. The van der Waals surface area contributed by atoms with E-state index in [4.69, 9.17) is 23.5 Å². The van der Waals surface area contributed by atoms with Crippen molar-refractivity contribution in [2.24, 2.45) is 0 Å². The van der Waals surface area contributed by atoms with E-state index in [2.05, 4.69) is 0 Å². The highest BCUT2D eigenvalue weighted by atomic mass is 33.1. The molecule has 1 heterocycles. The van der Waals surface area contributed by atoms with E-state index in [0.29, 0.717) is 22.8 Å². The monoisotopic (exact) mass is 518 g/mol. The molecule has 1 saturated heterocycles. The molecule has 0 atom stereocenters. The van der Waals surface area contributed by atoms with Gasteiger partial charge in [0.25, 0.3) is 0 Å². The molecule has 35 heavy (non-hydrogen) atoms. The van der Waals surface area contributed by atoms with Gasteiger partial charge >= 0.3 is 19.2 Å². The largest absolute Gasteiger partial charge is 0.513 e. The molecule has 2 aromatic rings. The van der Waals surface area contributed by atoms with E-state index in [1.54, 1.807) is 35.1 Å². The number of hydrogen-bond donors (Lipinski definition) is 0. The van der Waals surface area contributed by atoms with Crippen molar-refractivity contribution in [3.8, 4) is 5.75 Å². The number of ether oxygens (including phenoxy) is 3. The molecule has 188 valence electrons. The van der Waals surface area contributed by atoms with Crippen LogP contribution in [0, 0.1) is 6.92 Å². The third-order valence-electron chi connectivity index (χ3n) is 5.76. The van der Waals surface area contributed by atoms with Crippen LogP contribution in [0.2, 0.25) is 0 Å². The van der Waals surface area contributed by atoms with Gasteiger partial charge in [-0.05, 0) is 64.3 Å². The smallest absolute Gasteiger partial charge is 0.461 e. The number of hydrogen-bond acceptors (Lipinski definition) is 9. The summed E-state index contributed by atoms with van der Waals surface area (Å²) in [5.41, 5.74) is 1.59. The average Bonchev–Trinajstić information content (AvgIpc) is 3.04. The van der Waals surface area contributed by atoms with E-state index >= 15 is 0 Å². The van der Waals surface area contributed by atoms with E-state index in [-0.39, 0.29) is 19.2 Å². The number of benzene rings is 2. The summed E-state index contributed by atoms with van der Waals surface area (Å²) in [6.45, 7) is 10.5. The van der Waals surface area contributed by atoms with Gasteiger partial charge in [-0.3, -0.25) is 0 Å². The van der Waals surface area contributed by atoms with E-state index in [1.807, 2.05) is 58.9 Å². The zero-order valence-electron chi connectivity index (χ0n) is 20.7. The molecule has 0 radical (unpaired) electrons. The van der Waals surface area contributed by atoms with Gasteiger partial charge < -0.3 is 23.5 Å². The quantitative estimate of drug-likeness (QED) is 0.141. The van der Waals surface area contributed by atoms with Gasteiger partial charge in [0.1, 0.15) is 19.0 Å². The van der Waals surface area contributed by atoms with Crippen molar-refractivity contribution >= 4 is 46.3 Å². The summed E-state index contributed by atoms with van der Waals surface area (Å²) in [6, 6.07) is 14.2. The standard InChI is InChI=1S/C25H31BO7S2/c1-18-6-12-21(13-7-18)31-23(28)30-15-17-35-34-16-14-29-22(27)19-8-10-20(11-9-19)26-32-24(2,3)25(4,5)33-26/h6-13H,14-17H2,1-5H3. The van der Waals surface area contributed by atoms with Crippen molar-refractivity contribution in [1.82, 2.24) is 0 Å². The molecule has 0 bridgehead atoms. The highest BCUT2D eigenvalue weighted by Crippen LogP contribution is 2.36. The summed E-state index contributed by atoms with van der Waals surface area (Å²) in [6.07, 6.45) is -0.724. The van der Waals surface area contributed by atoms with Crippen molar-refractivity contribution in [1.29, 1.82) is 0 Å². The van der Waals surface area contributed by atoms with Crippen LogP contribution in [0.1, 0.15) is 43.6 Å². The van der Waals surface area contributed by atoms with Crippen LogP contribution < -0.4 is 10.2 Å². The summed E-state index contributed by atoms with van der Waals surface area (Å²) in [5, 5.41) is 0. The van der Waals surface area contributed by atoms with E-state index in [0.717, 1.165) is 11.0 Å². The van der Waals surface area contributed by atoms with Crippen molar-refractivity contribution in [3.63, 3.8) is 0 Å². The van der Waals surface area contributed by atoms with Gasteiger partial charge in [0.15, 0.2) is 0 Å². The highest BCUT2D eigenvalue weighted by molar-refractivity contribution is 8.76. The van der Waals surface area contributed by atoms with Crippen LogP contribution in [-0.2, 0) is 18.8 Å². The van der Waals surface area contributed by atoms with Crippen LogP contribution >= 0.6 is 21.6 Å². The number of carbonyl (C=O) groups is 2. The lowest BCUT2D eigenvalue weighted by atomic mass is 9.79. The van der Waals surface area contributed by atoms with Gasteiger partial charge in [-0.25, -0.2) is 9.59 Å². The SMILES string of the molecule is Cc1ccc(OC(=O)OCCSSCCOC(=O)c2ccc(B3OC(C)(C)C(C)(C)O3)cc2)cc1. The molecule has 3 rings (SSSR count). The first-order valence-electron chi connectivity index (χ1n) is 11.4. The summed E-state index contributed by atoms with van der Waals surface area (Å²) in [7, 11) is 2.61. The Morgan fingerprint density at radius 2 is 1.37 bits per heavy atom. The molecule has 0 saturated carbocycles. The molecule has 2 aromatic carbocycles. The molecular formula is C25H31BO7S2. The first kappa shape index (κ1) is 27.5. The van der Waals surface area contributed by atoms with Gasteiger partial charge in [-0.1, -0.05) is 51.4 Å². The molecule has 0 spiro atoms. The van der Waals surface area contributed by atoms with Crippen molar-refractivity contribution in [2.45, 2.75) is 45.8 Å². The first-order valence-corrected chi connectivity index (χ1v) is 13.8. The molecule has 0 aromatic heterocycles. The fourth-order valence-electron chi connectivity index (χ4n) is 3.02. The van der Waals surface area contributed by atoms with Gasteiger partial charge in [-0.2, -0.15) is 0 Å². The Morgan fingerprint density at radius 1 is 0.829 bits per heavy atom. The summed E-state index contributed by atoms with van der Waals surface area (Å²) < 4.78 is 27.5. The molecular weight excluding hydrogens is 487 g/mol. The zero-order chi connectivity index (χ0) is 25.5. The fourth-order valence-corrected chi connectivity index (χ4v) is 4.67. The lowest BCUT2D eigenvalue weighted by molar-refractivity contribution is 0.00578. The van der Waals surface area contributed by atoms with Gasteiger partial charge in [0, 0.05) is 11.5 Å². The maximum absolute atomic E-state index is 12.3. The van der Waals surface area contributed by atoms with Crippen LogP contribution in [0.5, 0.6) is 5.75 Å². The molecule has 1 fully saturated rings. The molecule has 7 nitrogen and oxygen atoms in total. The fraction of sp³-hybridized carbons (Fsp3) is 0.440. The van der Waals surface area contributed by atoms with Crippen molar-refractivity contribution in [2.75, 3.05) is 24.7 Å². The zero-order valence-corrected chi connectivity index (χ0v) is 22.3. The molecule has 0 unspecified atom stereocenters. The molecule has 10 heteroatoms. The van der Waals surface area contributed by atoms with Gasteiger partial charge in [0.2, 0.25) is 0 Å². The Bertz CT molecular complexity index is 978. The van der Waals surface area contributed by atoms with E-state index in [1.165, 1.54) is 10.8 Å². The van der Waals surface area contributed by atoms with Crippen LogP contribution in [-0.4, -0.2) is 55.2 Å². The number of aryl methyl sites for hydroxylation is 1. The number of esters is 1. The lowest BCUT2D eigenvalue weighted by Crippen LogP contribution is -2.41. The third-order valence-corrected chi connectivity index (χ3v) is 8.10. The van der Waals surface area contributed by atoms with Crippen LogP contribution in [0.25, 0.3) is 0 Å². The minimum atomic E-state index is -0.724. The Morgan fingerprint density at radius 3 is 1.94 bits per heavy atom. The molecule has 1 aliphatic heterocycles. The summed E-state index contributed by atoms with van der Waals surface area (Å²) in [4.78, 5) is 24.0. The topological polar surface area (TPSA) is 80.3 Å². The average molecular weight is 518 g/mol. The maximum atomic E-state index is 12.3. The Kier molecular flexibility index (Phi) is 9.58. The van der Waals surface area contributed by atoms with Gasteiger partial charge in [-0.15, -0.1) is 0 Å². The minimum absolute atomic E-state index is 0.233. The number of rotatable bonds is 10. The minimum Gasteiger partial charge on any atom is -0.461 e. The van der Waals surface area contributed by atoms with Crippen molar-refractivity contribution < 1.29 is 33.1 Å². The second-order valence-corrected chi connectivity index (χ2v) is 11.7. The second kappa shape index (κ2) is 12.2. The van der Waals surface area contributed by atoms with E-state index < -0.39 is 24.5 Å². The summed E-state index contributed by atoms with van der Waals surface area (Å²) >= 11 is 0. The lowest BCUT2D eigenvalue weighted by Gasteiger charge is -2.32. The van der Waals surface area contributed by atoms with Crippen LogP contribution in [0.15, 0.2) is 48.5 Å². The Balaban J connectivity index is 1.27. The van der Waals surface area contributed by atoms with E-state index in [9.17, 15) is 9.59 Å². The number of carbonyl (C=O) groups excluding carboxylic acids is 2. The van der Waals surface area contributed by atoms with Gasteiger partial charge in [0.05, 0.1) is 16.8 Å². The highest BCUT2D eigenvalue weighted by Gasteiger charge is 2.51. The first-order chi connectivity index (χ1) is 16.6. The Hall–Kier alpha value is -2.14. The van der Waals surface area contributed by atoms with Crippen molar-refractivity contribution in [3.05, 3.63) is 59.7 Å².